The van der Waals surface area contributed by atoms with Crippen molar-refractivity contribution in [2.75, 3.05) is 39.2 Å². The smallest absolute Gasteiger partial charge is 0.257 e. The molecular formula is C24H37N3O4. The summed E-state index contributed by atoms with van der Waals surface area (Å²) in [5.74, 6) is 0.757. The lowest BCUT2D eigenvalue weighted by Crippen LogP contribution is -2.44. The van der Waals surface area contributed by atoms with E-state index in [-0.39, 0.29) is 35.8 Å². The van der Waals surface area contributed by atoms with E-state index in [0.717, 1.165) is 32.2 Å². The van der Waals surface area contributed by atoms with Gasteiger partial charge in [0, 0.05) is 51.0 Å². The number of anilines is 1. The topological polar surface area (TPSA) is 79.9 Å². The molecule has 0 aromatic heterocycles. The van der Waals surface area contributed by atoms with Crippen LogP contribution in [0.1, 0.15) is 56.3 Å². The highest BCUT2D eigenvalue weighted by Gasteiger charge is 2.26. The lowest BCUT2D eigenvalue weighted by Gasteiger charge is -2.30. The van der Waals surface area contributed by atoms with E-state index in [0.29, 0.717) is 30.2 Å². The van der Waals surface area contributed by atoms with Crippen molar-refractivity contribution in [3.63, 3.8) is 0 Å². The molecule has 1 aromatic rings. The number of methoxy groups -OCH3 is 1. The van der Waals surface area contributed by atoms with E-state index in [2.05, 4.69) is 24.5 Å². The summed E-state index contributed by atoms with van der Waals surface area (Å²) in [5.41, 5.74) is 1.16. The van der Waals surface area contributed by atoms with E-state index in [9.17, 15) is 9.59 Å². The summed E-state index contributed by atoms with van der Waals surface area (Å²) in [6, 6.07) is 5.43. The Kier molecular flexibility index (Phi) is 8.32. The number of nitrogens with zero attached hydrogens (tertiary/aromatic N) is 1. The highest BCUT2D eigenvalue weighted by molar-refractivity contribution is 5.98. The maximum absolute atomic E-state index is 13.2. The summed E-state index contributed by atoms with van der Waals surface area (Å²) in [6.45, 7) is 5.87. The molecule has 2 amide bonds. The molecular weight excluding hydrogens is 394 g/mol. The Bertz CT molecular complexity index is 763. The van der Waals surface area contributed by atoms with Gasteiger partial charge in [0.2, 0.25) is 5.91 Å². The second-order valence-corrected chi connectivity index (χ2v) is 9.09. The molecule has 0 spiro atoms. The molecule has 1 aliphatic heterocycles. The Morgan fingerprint density at radius 3 is 2.68 bits per heavy atom. The number of fused-ring (bicyclic) bond motifs is 1. The average Bonchev–Trinajstić information content (AvgIpc) is 2.79. The van der Waals surface area contributed by atoms with Gasteiger partial charge in [0.05, 0.1) is 11.7 Å². The first kappa shape index (κ1) is 23.5. The molecule has 0 radical (unpaired) electrons. The van der Waals surface area contributed by atoms with E-state index in [1.54, 1.807) is 37.3 Å². The standard InChI is InChI=1S/C24H37N3O4/c1-16-13-25-17(2)15-31-21-12-19(26-23(28)18-8-6-5-7-9-18)10-11-20(21)24(29)27(3)14-22(16)30-4/h10-12,16-18,22,25H,5-9,13-15H2,1-4H3,(H,26,28)/t16-,17+,22+/m1/s1. The number of nitrogens with one attached hydrogen (secondary N) is 2. The fraction of sp³-hybridized carbons (Fsp3) is 0.667. The van der Waals surface area contributed by atoms with E-state index < -0.39 is 0 Å². The molecule has 0 unspecified atom stereocenters. The van der Waals surface area contributed by atoms with Gasteiger partial charge in [0.1, 0.15) is 12.4 Å². The molecule has 1 saturated carbocycles. The van der Waals surface area contributed by atoms with Gasteiger partial charge in [-0.25, -0.2) is 0 Å². The molecule has 172 valence electrons. The van der Waals surface area contributed by atoms with Crippen LogP contribution >= 0.6 is 0 Å². The Labute approximate surface area is 185 Å². The van der Waals surface area contributed by atoms with Gasteiger partial charge in [-0.2, -0.15) is 0 Å². The van der Waals surface area contributed by atoms with Crippen LogP contribution in [0.25, 0.3) is 0 Å². The molecule has 31 heavy (non-hydrogen) atoms. The minimum atomic E-state index is -0.115. The van der Waals surface area contributed by atoms with Crippen LogP contribution < -0.4 is 15.4 Å². The van der Waals surface area contributed by atoms with Crippen molar-refractivity contribution in [3.8, 4) is 5.75 Å². The van der Waals surface area contributed by atoms with Crippen molar-refractivity contribution in [2.24, 2.45) is 11.8 Å². The second-order valence-electron chi connectivity index (χ2n) is 9.09. The van der Waals surface area contributed by atoms with Crippen molar-refractivity contribution in [1.29, 1.82) is 0 Å². The Hall–Kier alpha value is -2.12. The largest absolute Gasteiger partial charge is 0.491 e. The molecule has 1 aliphatic carbocycles. The second kappa shape index (κ2) is 11.0. The number of ether oxygens (including phenoxy) is 2. The molecule has 0 bridgehead atoms. The maximum Gasteiger partial charge on any atom is 0.257 e. The fourth-order valence-electron chi connectivity index (χ4n) is 4.34. The van der Waals surface area contributed by atoms with Crippen molar-refractivity contribution in [2.45, 2.75) is 58.1 Å². The quantitative estimate of drug-likeness (QED) is 0.768. The van der Waals surface area contributed by atoms with Crippen LogP contribution in [0, 0.1) is 11.8 Å². The molecule has 1 fully saturated rings. The zero-order chi connectivity index (χ0) is 22.4. The van der Waals surface area contributed by atoms with Crippen LogP contribution in [0.15, 0.2) is 18.2 Å². The van der Waals surface area contributed by atoms with Gasteiger partial charge in [0.15, 0.2) is 0 Å². The molecule has 7 nitrogen and oxygen atoms in total. The number of likely N-dealkylation sites (N-methyl/N-ethyl adjacent to an activating group) is 1. The first-order valence-corrected chi connectivity index (χ1v) is 11.5. The van der Waals surface area contributed by atoms with E-state index >= 15 is 0 Å². The number of carbonyl (C=O) groups is 2. The molecule has 2 aliphatic rings. The fourth-order valence-corrected chi connectivity index (χ4v) is 4.34. The summed E-state index contributed by atoms with van der Waals surface area (Å²) in [6.07, 6.45) is 5.25. The number of carbonyl (C=O) groups excluding carboxylic acids is 2. The summed E-state index contributed by atoms with van der Waals surface area (Å²) < 4.78 is 11.7. The normalized spacial score (nSPS) is 26.3. The third-order valence-electron chi connectivity index (χ3n) is 6.47. The molecule has 1 heterocycles. The molecule has 7 heteroatoms. The van der Waals surface area contributed by atoms with Crippen LogP contribution in [0.3, 0.4) is 0 Å². The van der Waals surface area contributed by atoms with Gasteiger partial charge in [-0.3, -0.25) is 9.59 Å². The van der Waals surface area contributed by atoms with Gasteiger partial charge >= 0.3 is 0 Å². The van der Waals surface area contributed by atoms with Crippen LogP contribution in [0.5, 0.6) is 5.75 Å². The molecule has 3 rings (SSSR count). The third-order valence-corrected chi connectivity index (χ3v) is 6.47. The van der Waals surface area contributed by atoms with Crippen LogP contribution in [-0.4, -0.2) is 62.7 Å². The SMILES string of the molecule is CO[C@H]1CN(C)C(=O)c2ccc(NC(=O)C3CCCCC3)cc2OC[C@H](C)NC[C@H]1C. The van der Waals surface area contributed by atoms with E-state index in [1.807, 2.05) is 0 Å². The third kappa shape index (κ3) is 6.20. The predicted molar refractivity (Wildman–Crippen MR) is 122 cm³/mol. The lowest BCUT2D eigenvalue weighted by atomic mass is 9.88. The highest BCUT2D eigenvalue weighted by atomic mass is 16.5. The molecule has 3 atom stereocenters. The van der Waals surface area contributed by atoms with Crippen molar-refractivity contribution in [3.05, 3.63) is 23.8 Å². The highest BCUT2D eigenvalue weighted by Crippen LogP contribution is 2.28. The number of hydrogen-bond acceptors (Lipinski definition) is 5. The number of benzene rings is 1. The van der Waals surface area contributed by atoms with Gasteiger partial charge in [-0.1, -0.05) is 26.2 Å². The summed E-state index contributed by atoms with van der Waals surface area (Å²) >= 11 is 0. The predicted octanol–water partition coefficient (Wildman–Crippen LogP) is 3.30. The van der Waals surface area contributed by atoms with E-state index in [1.165, 1.54) is 6.42 Å². The summed E-state index contributed by atoms with van der Waals surface area (Å²) in [4.78, 5) is 27.5. The Morgan fingerprint density at radius 1 is 1.23 bits per heavy atom. The van der Waals surface area contributed by atoms with Gasteiger partial charge in [-0.15, -0.1) is 0 Å². The molecule has 1 aromatic carbocycles. The number of rotatable bonds is 3. The zero-order valence-corrected chi connectivity index (χ0v) is 19.3. The summed E-state index contributed by atoms with van der Waals surface area (Å²) in [7, 11) is 3.47. The molecule has 0 saturated heterocycles. The number of amides is 2. The average molecular weight is 432 g/mol. The van der Waals surface area contributed by atoms with Gasteiger partial charge in [-0.05, 0) is 37.8 Å². The monoisotopic (exact) mass is 431 g/mol. The van der Waals surface area contributed by atoms with Crippen LogP contribution in [0.4, 0.5) is 5.69 Å². The summed E-state index contributed by atoms with van der Waals surface area (Å²) in [5, 5.41) is 6.51. The molecule has 2 N–H and O–H groups in total. The van der Waals surface area contributed by atoms with Crippen molar-refractivity contribution in [1.82, 2.24) is 10.2 Å². The first-order valence-electron chi connectivity index (χ1n) is 11.5. The van der Waals surface area contributed by atoms with Gasteiger partial charge in [0.25, 0.3) is 5.91 Å². The first-order chi connectivity index (χ1) is 14.9. The minimum absolute atomic E-state index is 0.0585. The lowest BCUT2D eigenvalue weighted by molar-refractivity contribution is -0.120. The van der Waals surface area contributed by atoms with Crippen molar-refractivity contribution >= 4 is 17.5 Å². The van der Waals surface area contributed by atoms with Crippen molar-refractivity contribution < 1.29 is 19.1 Å². The van der Waals surface area contributed by atoms with E-state index in [4.69, 9.17) is 9.47 Å². The van der Waals surface area contributed by atoms with Crippen LogP contribution in [-0.2, 0) is 9.53 Å². The zero-order valence-electron chi connectivity index (χ0n) is 19.3. The maximum atomic E-state index is 13.2. The number of hydrogen-bond donors (Lipinski definition) is 2. The minimum Gasteiger partial charge on any atom is -0.491 e. The Balaban J connectivity index is 1.81. The Morgan fingerprint density at radius 2 is 1.97 bits per heavy atom. The van der Waals surface area contributed by atoms with Crippen LogP contribution in [0.2, 0.25) is 0 Å². The van der Waals surface area contributed by atoms with Gasteiger partial charge < -0.3 is 25.0 Å².